The van der Waals surface area contributed by atoms with Crippen molar-refractivity contribution in [3.8, 4) is 5.75 Å². The van der Waals surface area contributed by atoms with Crippen LogP contribution < -0.4 is 15.0 Å². The smallest absolute Gasteiger partial charge is 0.322 e. The molecular formula is C12H16N2O2. The lowest BCUT2D eigenvalue weighted by molar-refractivity contribution is 0.240. The number of aryl methyl sites for hydroxylation is 1. The Hall–Kier alpha value is -1.71. The van der Waals surface area contributed by atoms with E-state index >= 15 is 0 Å². The van der Waals surface area contributed by atoms with Crippen LogP contribution >= 0.6 is 0 Å². The van der Waals surface area contributed by atoms with Crippen LogP contribution in [-0.2, 0) is 0 Å². The molecule has 1 aliphatic heterocycles. The van der Waals surface area contributed by atoms with Crippen LogP contribution in [0, 0.1) is 6.92 Å². The molecule has 0 radical (unpaired) electrons. The van der Waals surface area contributed by atoms with E-state index in [4.69, 9.17) is 4.74 Å². The number of amides is 2. The van der Waals surface area contributed by atoms with Crippen molar-refractivity contribution in [2.45, 2.75) is 13.8 Å². The van der Waals surface area contributed by atoms with Crippen molar-refractivity contribution >= 4 is 11.7 Å². The molecule has 1 aliphatic rings. The Morgan fingerprint density at radius 2 is 2.38 bits per heavy atom. The van der Waals surface area contributed by atoms with Gasteiger partial charge in [0.25, 0.3) is 0 Å². The quantitative estimate of drug-likeness (QED) is 0.785. The van der Waals surface area contributed by atoms with Crippen molar-refractivity contribution in [3.05, 3.63) is 23.8 Å². The standard InChI is InChI=1S/C12H16N2O2/c1-3-13-12(15)14-6-7-16-11-8-9(2)4-5-10(11)14/h4-5,8H,3,6-7H2,1-2H3,(H,13,15). The Morgan fingerprint density at radius 1 is 1.56 bits per heavy atom. The van der Waals surface area contributed by atoms with E-state index in [0.717, 1.165) is 17.0 Å². The maximum atomic E-state index is 11.8. The lowest BCUT2D eigenvalue weighted by Gasteiger charge is -2.29. The molecule has 2 amide bonds. The number of hydrogen-bond acceptors (Lipinski definition) is 2. The van der Waals surface area contributed by atoms with Crippen molar-refractivity contribution in [3.63, 3.8) is 0 Å². The number of ether oxygens (including phenoxy) is 1. The maximum Gasteiger partial charge on any atom is 0.322 e. The third-order valence-electron chi connectivity index (χ3n) is 2.55. The van der Waals surface area contributed by atoms with Gasteiger partial charge in [-0.15, -0.1) is 0 Å². The monoisotopic (exact) mass is 220 g/mol. The molecule has 0 aliphatic carbocycles. The van der Waals surface area contributed by atoms with E-state index in [9.17, 15) is 4.79 Å². The average molecular weight is 220 g/mol. The number of urea groups is 1. The number of anilines is 1. The molecule has 0 saturated carbocycles. The first-order chi connectivity index (χ1) is 7.72. The summed E-state index contributed by atoms with van der Waals surface area (Å²) in [4.78, 5) is 13.5. The molecule has 0 unspecified atom stereocenters. The molecule has 0 aromatic heterocycles. The second kappa shape index (κ2) is 4.43. The lowest BCUT2D eigenvalue weighted by atomic mass is 10.2. The van der Waals surface area contributed by atoms with Crippen LogP contribution in [-0.4, -0.2) is 25.7 Å². The summed E-state index contributed by atoms with van der Waals surface area (Å²) >= 11 is 0. The summed E-state index contributed by atoms with van der Waals surface area (Å²) in [6.07, 6.45) is 0. The van der Waals surface area contributed by atoms with Crippen LogP contribution in [0.2, 0.25) is 0 Å². The van der Waals surface area contributed by atoms with Gasteiger partial charge in [-0.2, -0.15) is 0 Å². The van der Waals surface area contributed by atoms with Crippen LogP contribution in [0.1, 0.15) is 12.5 Å². The average Bonchev–Trinajstić information content (AvgIpc) is 2.28. The number of carbonyl (C=O) groups is 1. The summed E-state index contributed by atoms with van der Waals surface area (Å²) in [6.45, 7) is 5.70. The van der Waals surface area contributed by atoms with Gasteiger partial charge in [-0.1, -0.05) is 6.07 Å². The van der Waals surface area contributed by atoms with Crippen molar-refractivity contribution in [2.24, 2.45) is 0 Å². The van der Waals surface area contributed by atoms with Gasteiger partial charge < -0.3 is 10.1 Å². The van der Waals surface area contributed by atoms with Crippen molar-refractivity contribution < 1.29 is 9.53 Å². The highest BCUT2D eigenvalue weighted by Gasteiger charge is 2.22. The van der Waals surface area contributed by atoms with Gasteiger partial charge in [0.1, 0.15) is 12.4 Å². The SMILES string of the molecule is CCNC(=O)N1CCOc2cc(C)ccc21. The Bertz CT molecular complexity index is 404. The Balaban J connectivity index is 2.29. The molecule has 0 fully saturated rings. The molecule has 1 aromatic rings. The fourth-order valence-corrected chi connectivity index (χ4v) is 1.78. The molecule has 86 valence electrons. The first-order valence-corrected chi connectivity index (χ1v) is 5.51. The van der Waals surface area contributed by atoms with Gasteiger partial charge in [0.05, 0.1) is 12.2 Å². The van der Waals surface area contributed by atoms with E-state index in [1.165, 1.54) is 0 Å². The van der Waals surface area contributed by atoms with Gasteiger partial charge in [-0.05, 0) is 31.5 Å². The van der Waals surface area contributed by atoms with E-state index in [1.54, 1.807) is 4.90 Å². The predicted octanol–water partition coefficient (Wildman–Crippen LogP) is 1.92. The molecule has 0 bridgehead atoms. The first-order valence-electron chi connectivity index (χ1n) is 5.51. The van der Waals surface area contributed by atoms with E-state index in [-0.39, 0.29) is 6.03 Å². The van der Waals surface area contributed by atoms with Crippen LogP contribution in [0.25, 0.3) is 0 Å². The Kier molecular flexibility index (Phi) is 2.99. The number of fused-ring (bicyclic) bond motifs is 1. The molecule has 0 atom stereocenters. The van der Waals surface area contributed by atoms with Crippen LogP contribution in [0.5, 0.6) is 5.75 Å². The van der Waals surface area contributed by atoms with Gasteiger partial charge >= 0.3 is 6.03 Å². The molecule has 16 heavy (non-hydrogen) atoms. The van der Waals surface area contributed by atoms with Gasteiger partial charge in [0.15, 0.2) is 0 Å². The van der Waals surface area contributed by atoms with Crippen LogP contribution in [0.4, 0.5) is 10.5 Å². The molecule has 1 N–H and O–H groups in total. The van der Waals surface area contributed by atoms with Crippen molar-refractivity contribution in [2.75, 3.05) is 24.6 Å². The minimum absolute atomic E-state index is 0.0593. The molecule has 2 rings (SSSR count). The number of nitrogens with one attached hydrogen (secondary N) is 1. The van der Waals surface area contributed by atoms with Gasteiger partial charge in [-0.3, -0.25) is 4.90 Å². The molecular weight excluding hydrogens is 204 g/mol. The Morgan fingerprint density at radius 3 is 3.12 bits per heavy atom. The van der Waals surface area contributed by atoms with Gasteiger partial charge in [-0.25, -0.2) is 4.79 Å². The van der Waals surface area contributed by atoms with Crippen molar-refractivity contribution in [1.82, 2.24) is 5.32 Å². The zero-order valence-electron chi connectivity index (χ0n) is 9.62. The topological polar surface area (TPSA) is 41.6 Å². The number of benzene rings is 1. The maximum absolute atomic E-state index is 11.8. The van der Waals surface area contributed by atoms with Crippen molar-refractivity contribution in [1.29, 1.82) is 0 Å². The molecule has 0 saturated heterocycles. The van der Waals surface area contributed by atoms with E-state index in [1.807, 2.05) is 32.0 Å². The molecule has 1 aromatic carbocycles. The normalized spacial score (nSPS) is 14.0. The number of rotatable bonds is 1. The number of nitrogens with zero attached hydrogens (tertiary/aromatic N) is 1. The molecule has 4 heteroatoms. The summed E-state index contributed by atoms with van der Waals surface area (Å²) in [5.74, 6) is 0.789. The van der Waals surface area contributed by atoms with E-state index in [2.05, 4.69) is 5.32 Å². The second-order valence-corrected chi connectivity index (χ2v) is 3.81. The molecule has 0 spiro atoms. The highest BCUT2D eigenvalue weighted by atomic mass is 16.5. The summed E-state index contributed by atoms with van der Waals surface area (Å²) < 4.78 is 5.54. The summed E-state index contributed by atoms with van der Waals surface area (Å²) in [5.41, 5.74) is 1.99. The second-order valence-electron chi connectivity index (χ2n) is 3.81. The fraction of sp³-hybridized carbons (Fsp3) is 0.417. The van der Waals surface area contributed by atoms with Crippen LogP contribution in [0.15, 0.2) is 18.2 Å². The minimum atomic E-state index is -0.0593. The largest absolute Gasteiger partial charge is 0.490 e. The Labute approximate surface area is 95.2 Å². The molecule has 4 nitrogen and oxygen atoms in total. The first kappa shape index (κ1) is 10.8. The third-order valence-corrected chi connectivity index (χ3v) is 2.55. The van der Waals surface area contributed by atoms with E-state index < -0.39 is 0 Å². The van der Waals surface area contributed by atoms with Gasteiger partial charge in [0.2, 0.25) is 0 Å². The highest BCUT2D eigenvalue weighted by molar-refractivity contribution is 5.94. The fourth-order valence-electron chi connectivity index (χ4n) is 1.78. The third kappa shape index (κ3) is 1.96. The van der Waals surface area contributed by atoms with Gasteiger partial charge in [0, 0.05) is 6.54 Å². The minimum Gasteiger partial charge on any atom is -0.490 e. The predicted molar refractivity (Wildman–Crippen MR) is 63.1 cm³/mol. The van der Waals surface area contributed by atoms with E-state index in [0.29, 0.717) is 19.7 Å². The highest BCUT2D eigenvalue weighted by Crippen LogP contribution is 2.32. The number of hydrogen-bond donors (Lipinski definition) is 1. The lowest BCUT2D eigenvalue weighted by Crippen LogP contribution is -2.44. The zero-order valence-corrected chi connectivity index (χ0v) is 9.62. The molecule has 1 heterocycles. The van der Waals surface area contributed by atoms with Crippen LogP contribution in [0.3, 0.4) is 0 Å². The number of carbonyl (C=O) groups excluding carboxylic acids is 1. The summed E-state index contributed by atoms with van der Waals surface area (Å²) in [5, 5.41) is 2.80. The zero-order chi connectivity index (χ0) is 11.5. The summed E-state index contributed by atoms with van der Waals surface area (Å²) in [6, 6.07) is 5.82. The summed E-state index contributed by atoms with van der Waals surface area (Å²) in [7, 11) is 0.